The van der Waals surface area contributed by atoms with Crippen molar-refractivity contribution < 1.29 is 46.0 Å². The number of carbonyl (C=O) groups excluding carboxylic acids is 1. The molecule has 1 aliphatic heterocycles. The lowest BCUT2D eigenvalue weighted by molar-refractivity contribution is 0.0292. The predicted octanol–water partition coefficient (Wildman–Crippen LogP) is 1.92. The third-order valence-electron chi connectivity index (χ3n) is 4.29. The zero-order chi connectivity index (χ0) is 21.3. The number of benzene rings is 2. The van der Waals surface area contributed by atoms with E-state index in [1.807, 2.05) is 0 Å². The van der Waals surface area contributed by atoms with E-state index in [9.17, 15) is 18.3 Å². The average molecular weight is 426 g/mol. The largest absolute Gasteiger partial charge is 0.507 e. The minimum absolute atomic E-state index is 0.0400. The number of methoxy groups -OCH3 is 3. The van der Waals surface area contributed by atoms with Crippen molar-refractivity contribution in [2.45, 2.75) is 12.2 Å². The molecular weight excluding hydrogens is 408 g/mol. The van der Waals surface area contributed by atoms with Gasteiger partial charge in [-0.3, -0.25) is 9.35 Å². The standard InChI is InChI=1S/C18H18O10S/c1-24-10-7-11(19)15-14(8-10)27-17(18(16(15)20)28-29(21,22)23)9-4-5-12(25-2)13(6-9)26-3/h4-8,17-19H,1-3H3,(H,21,22,23)/t17-,18+/m0/s1. The zero-order valence-electron chi connectivity index (χ0n) is 15.6. The number of fused-ring (bicyclic) bond motifs is 1. The molecule has 2 aromatic carbocycles. The van der Waals surface area contributed by atoms with Crippen LogP contribution in [0.15, 0.2) is 30.3 Å². The Morgan fingerprint density at radius 1 is 1.00 bits per heavy atom. The summed E-state index contributed by atoms with van der Waals surface area (Å²) in [5, 5.41) is 10.2. The van der Waals surface area contributed by atoms with Crippen LogP contribution in [0.5, 0.6) is 28.7 Å². The minimum atomic E-state index is -5.02. The molecule has 0 saturated carbocycles. The summed E-state index contributed by atoms with van der Waals surface area (Å²) < 4.78 is 57.7. The molecule has 2 atom stereocenters. The van der Waals surface area contributed by atoms with Crippen LogP contribution >= 0.6 is 0 Å². The number of phenols is 1. The molecule has 156 valence electrons. The number of aromatic hydroxyl groups is 1. The highest BCUT2D eigenvalue weighted by molar-refractivity contribution is 7.80. The first-order valence-corrected chi connectivity index (χ1v) is 9.54. The van der Waals surface area contributed by atoms with E-state index in [4.69, 9.17) is 23.5 Å². The highest BCUT2D eigenvalue weighted by Crippen LogP contribution is 2.44. The summed E-state index contributed by atoms with van der Waals surface area (Å²) in [4.78, 5) is 12.9. The molecule has 0 unspecified atom stereocenters. The Hall–Kier alpha value is -3.02. The molecule has 11 heteroatoms. The molecule has 1 aliphatic rings. The lowest BCUT2D eigenvalue weighted by Crippen LogP contribution is -2.40. The zero-order valence-corrected chi connectivity index (χ0v) is 16.4. The summed E-state index contributed by atoms with van der Waals surface area (Å²) in [6, 6.07) is 7.06. The Labute approximate surface area is 166 Å². The molecular formula is C18H18O10S. The van der Waals surface area contributed by atoms with Gasteiger partial charge in [0.05, 0.1) is 21.3 Å². The lowest BCUT2D eigenvalue weighted by atomic mass is 9.92. The summed E-state index contributed by atoms with van der Waals surface area (Å²) in [7, 11) is -0.815. The van der Waals surface area contributed by atoms with Crippen LogP contribution in [-0.4, -0.2) is 51.3 Å². The molecule has 29 heavy (non-hydrogen) atoms. The van der Waals surface area contributed by atoms with Crippen molar-refractivity contribution in [3.63, 3.8) is 0 Å². The third-order valence-corrected chi connectivity index (χ3v) is 4.74. The first kappa shape index (κ1) is 20.7. The van der Waals surface area contributed by atoms with Crippen LogP contribution in [0.25, 0.3) is 0 Å². The number of carbonyl (C=O) groups is 1. The Balaban J connectivity index is 2.15. The second-order valence-electron chi connectivity index (χ2n) is 5.98. The molecule has 0 spiro atoms. The van der Waals surface area contributed by atoms with Crippen molar-refractivity contribution in [2.24, 2.45) is 0 Å². The van der Waals surface area contributed by atoms with Crippen LogP contribution < -0.4 is 18.9 Å². The van der Waals surface area contributed by atoms with Gasteiger partial charge in [0.15, 0.2) is 23.7 Å². The quantitative estimate of drug-likeness (QED) is 0.659. The van der Waals surface area contributed by atoms with E-state index >= 15 is 0 Å². The number of ketones is 1. The van der Waals surface area contributed by atoms with Gasteiger partial charge in [0, 0.05) is 12.1 Å². The monoisotopic (exact) mass is 426 g/mol. The smallest absolute Gasteiger partial charge is 0.398 e. The van der Waals surface area contributed by atoms with Crippen LogP contribution in [-0.2, 0) is 14.6 Å². The molecule has 0 fully saturated rings. The topological polar surface area (TPSA) is 138 Å². The summed E-state index contributed by atoms with van der Waals surface area (Å²) in [6.07, 6.45) is -3.09. The SMILES string of the molecule is COc1cc(O)c2c(c1)O[C@@H](c1ccc(OC)c(OC)c1)[C@H](OS(=O)(=O)O)C2=O. The second kappa shape index (κ2) is 7.78. The summed E-state index contributed by atoms with van der Waals surface area (Å²) >= 11 is 0. The fourth-order valence-electron chi connectivity index (χ4n) is 3.01. The second-order valence-corrected chi connectivity index (χ2v) is 7.03. The van der Waals surface area contributed by atoms with Crippen molar-refractivity contribution in [2.75, 3.05) is 21.3 Å². The van der Waals surface area contributed by atoms with Crippen LogP contribution in [0.2, 0.25) is 0 Å². The van der Waals surface area contributed by atoms with Gasteiger partial charge in [-0.1, -0.05) is 6.07 Å². The molecule has 2 aromatic rings. The number of hydrogen-bond donors (Lipinski definition) is 2. The van der Waals surface area contributed by atoms with Crippen molar-refractivity contribution in [3.8, 4) is 28.7 Å². The normalized spacial score (nSPS) is 18.6. The van der Waals surface area contributed by atoms with E-state index in [1.165, 1.54) is 51.7 Å². The van der Waals surface area contributed by atoms with Gasteiger partial charge in [0.2, 0.25) is 5.78 Å². The van der Waals surface area contributed by atoms with Crippen molar-refractivity contribution >= 4 is 16.2 Å². The van der Waals surface area contributed by atoms with E-state index < -0.39 is 34.1 Å². The third kappa shape index (κ3) is 4.06. The summed E-state index contributed by atoms with van der Waals surface area (Å²) in [6.45, 7) is 0. The fourth-order valence-corrected chi connectivity index (χ4v) is 3.46. The van der Waals surface area contributed by atoms with Crippen molar-refractivity contribution in [3.05, 3.63) is 41.5 Å². The fraction of sp³-hybridized carbons (Fsp3) is 0.278. The minimum Gasteiger partial charge on any atom is -0.507 e. The summed E-state index contributed by atoms with van der Waals surface area (Å²) in [5.74, 6) is -0.518. The van der Waals surface area contributed by atoms with Crippen LogP contribution in [0.4, 0.5) is 0 Å². The Bertz CT molecular complexity index is 1050. The molecule has 3 rings (SSSR count). The first-order valence-electron chi connectivity index (χ1n) is 8.18. The van der Waals surface area contributed by atoms with Gasteiger partial charge in [-0.05, 0) is 17.7 Å². The summed E-state index contributed by atoms with van der Waals surface area (Å²) in [5.41, 5.74) is 0.00814. The van der Waals surface area contributed by atoms with Crippen molar-refractivity contribution in [1.29, 1.82) is 0 Å². The molecule has 0 bridgehead atoms. The van der Waals surface area contributed by atoms with Crippen molar-refractivity contribution in [1.82, 2.24) is 0 Å². The number of ether oxygens (including phenoxy) is 4. The molecule has 2 N–H and O–H groups in total. The molecule has 0 radical (unpaired) electrons. The van der Waals surface area contributed by atoms with E-state index in [0.717, 1.165) is 0 Å². The number of rotatable bonds is 6. The van der Waals surface area contributed by atoms with E-state index in [1.54, 1.807) is 0 Å². The van der Waals surface area contributed by atoms with E-state index in [-0.39, 0.29) is 17.1 Å². The van der Waals surface area contributed by atoms with Gasteiger partial charge >= 0.3 is 10.4 Å². The molecule has 10 nitrogen and oxygen atoms in total. The van der Waals surface area contributed by atoms with Gasteiger partial charge in [-0.2, -0.15) is 8.42 Å². The Kier molecular flexibility index (Phi) is 5.55. The molecule has 0 amide bonds. The van der Waals surface area contributed by atoms with Crippen LogP contribution in [0.3, 0.4) is 0 Å². The van der Waals surface area contributed by atoms with E-state index in [2.05, 4.69) is 4.18 Å². The number of Topliss-reactive ketones (excluding diaryl/α,β-unsaturated/α-hetero) is 1. The van der Waals surface area contributed by atoms with Gasteiger partial charge in [0.1, 0.15) is 22.8 Å². The molecule has 0 saturated heterocycles. The van der Waals surface area contributed by atoms with Gasteiger partial charge in [0.25, 0.3) is 0 Å². The maximum Gasteiger partial charge on any atom is 0.398 e. The molecule has 1 heterocycles. The Morgan fingerprint density at radius 3 is 2.28 bits per heavy atom. The number of hydrogen-bond acceptors (Lipinski definition) is 9. The predicted molar refractivity (Wildman–Crippen MR) is 98.3 cm³/mol. The van der Waals surface area contributed by atoms with Crippen LogP contribution in [0, 0.1) is 0 Å². The molecule has 0 aliphatic carbocycles. The average Bonchev–Trinajstić information content (AvgIpc) is 2.67. The van der Waals surface area contributed by atoms with Crippen LogP contribution in [0.1, 0.15) is 22.0 Å². The first-order chi connectivity index (χ1) is 13.7. The maximum absolute atomic E-state index is 12.9. The molecule has 0 aromatic heterocycles. The van der Waals surface area contributed by atoms with Gasteiger partial charge in [-0.15, -0.1) is 0 Å². The number of phenolic OH excluding ortho intramolecular Hbond substituents is 1. The Morgan fingerprint density at radius 2 is 1.69 bits per heavy atom. The highest BCUT2D eigenvalue weighted by Gasteiger charge is 2.44. The lowest BCUT2D eigenvalue weighted by Gasteiger charge is -2.32. The van der Waals surface area contributed by atoms with Gasteiger partial charge < -0.3 is 24.1 Å². The maximum atomic E-state index is 12.9. The van der Waals surface area contributed by atoms with Gasteiger partial charge in [-0.25, -0.2) is 4.18 Å². The highest BCUT2D eigenvalue weighted by atomic mass is 32.3. The van der Waals surface area contributed by atoms with E-state index in [0.29, 0.717) is 17.1 Å².